The molecule has 0 saturated carbocycles. The molecule has 0 amide bonds. The molecule has 1 aliphatic rings. The van der Waals surface area contributed by atoms with Gasteiger partial charge in [-0.05, 0) is 24.3 Å². The lowest BCUT2D eigenvalue weighted by Crippen LogP contribution is -2.25. The summed E-state index contributed by atoms with van der Waals surface area (Å²) in [5.74, 6) is 0.826. The number of carbonyl (C=O) groups excluding carboxylic acids is 1. The van der Waals surface area contributed by atoms with Crippen molar-refractivity contribution in [1.82, 2.24) is 0 Å². The van der Waals surface area contributed by atoms with E-state index in [0.717, 1.165) is 38.1 Å². The van der Waals surface area contributed by atoms with Gasteiger partial charge in [-0.25, -0.2) is 0 Å². The standard InChI is InChI=1S/C12H14O3/c13-9-10-1-3-11(4-2-10)15-12-5-7-14-8-6-12/h1-4,9,12H,5-8H2. The summed E-state index contributed by atoms with van der Waals surface area (Å²) in [6.45, 7) is 1.55. The quantitative estimate of drug-likeness (QED) is 0.710. The monoisotopic (exact) mass is 206 g/mol. The molecule has 0 unspecified atom stereocenters. The molecule has 1 heterocycles. The Morgan fingerprint density at radius 2 is 1.87 bits per heavy atom. The number of benzene rings is 1. The molecule has 0 spiro atoms. The summed E-state index contributed by atoms with van der Waals surface area (Å²) in [5.41, 5.74) is 0.675. The normalized spacial score (nSPS) is 17.3. The highest BCUT2D eigenvalue weighted by Crippen LogP contribution is 2.17. The van der Waals surface area contributed by atoms with Crippen LogP contribution in [0.5, 0.6) is 5.75 Å². The predicted octanol–water partition coefficient (Wildman–Crippen LogP) is 2.06. The lowest BCUT2D eigenvalue weighted by Gasteiger charge is -2.23. The van der Waals surface area contributed by atoms with Crippen molar-refractivity contribution >= 4 is 6.29 Å². The van der Waals surface area contributed by atoms with E-state index in [0.29, 0.717) is 5.56 Å². The number of carbonyl (C=O) groups is 1. The molecule has 0 aliphatic carbocycles. The van der Waals surface area contributed by atoms with Crippen LogP contribution in [-0.2, 0) is 4.74 Å². The minimum atomic E-state index is 0.251. The molecule has 0 radical (unpaired) electrons. The fraction of sp³-hybridized carbons (Fsp3) is 0.417. The van der Waals surface area contributed by atoms with Crippen LogP contribution in [-0.4, -0.2) is 25.6 Å². The molecule has 1 aromatic carbocycles. The number of aldehydes is 1. The largest absolute Gasteiger partial charge is 0.490 e. The van der Waals surface area contributed by atoms with E-state index in [4.69, 9.17) is 9.47 Å². The molecule has 3 heteroatoms. The number of rotatable bonds is 3. The third kappa shape index (κ3) is 2.80. The minimum absolute atomic E-state index is 0.251. The van der Waals surface area contributed by atoms with Gasteiger partial charge in [0.05, 0.1) is 13.2 Å². The van der Waals surface area contributed by atoms with Gasteiger partial charge in [-0.15, -0.1) is 0 Å². The molecular weight excluding hydrogens is 192 g/mol. The van der Waals surface area contributed by atoms with Gasteiger partial charge in [0.15, 0.2) is 0 Å². The molecule has 2 rings (SSSR count). The van der Waals surface area contributed by atoms with Crippen molar-refractivity contribution in [3.63, 3.8) is 0 Å². The second-order valence-electron chi connectivity index (χ2n) is 3.62. The van der Waals surface area contributed by atoms with Crippen LogP contribution in [0.3, 0.4) is 0 Å². The average molecular weight is 206 g/mol. The van der Waals surface area contributed by atoms with E-state index in [2.05, 4.69) is 0 Å². The fourth-order valence-corrected chi connectivity index (χ4v) is 1.61. The molecule has 0 N–H and O–H groups in total. The Balaban J connectivity index is 1.94. The van der Waals surface area contributed by atoms with Gasteiger partial charge in [-0.3, -0.25) is 4.79 Å². The molecular formula is C12H14O3. The Hall–Kier alpha value is -1.35. The first-order valence-corrected chi connectivity index (χ1v) is 5.18. The molecule has 1 aliphatic heterocycles. The van der Waals surface area contributed by atoms with E-state index >= 15 is 0 Å². The van der Waals surface area contributed by atoms with Crippen molar-refractivity contribution in [2.75, 3.05) is 13.2 Å². The van der Waals surface area contributed by atoms with E-state index in [1.807, 2.05) is 12.1 Å². The van der Waals surface area contributed by atoms with Crippen molar-refractivity contribution in [1.29, 1.82) is 0 Å². The van der Waals surface area contributed by atoms with Crippen molar-refractivity contribution in [2.45, 2.75) is 18.9 Å². The van der Waals surface area contributed by atoms with Crippen LogP contribution in [0, 0.1) is 0 Å². The molecule has 3 nitrogen and oxygen atoms in total. The molecule has 1 aromatic rings. The Morgan fingerprint density at radius 1 is 1.20 bits per heavy atom. The van der Waals surface area contributed by atoms with Gasteiger partial charge in [0.1, 0.15) is 18.1 Å². The van der Waals surface area contributed by atoms with Crippen LogP contribution in [0.2, 0.25) is 0 Å². The first kappa shape index (κ1) is 10.2. The van der Waals surface area contributed by atoms with E-state index in [9.17, 15) is 4.79 Å². The minimum Gasteiger partial charge on any atom is -0.490 e. The lowest BCUT2D eigenvalue weighted by molar-refractivity contribution is 0.0256. The highest BCUT2D eigenvalue weighted by Gasteiger charge is 2.14. The summed E-state index contributed by atoms with van der Waals surface area (Å²) in [4.78, 5) is 10.5. The molecule has 1 saturated heterocycles. The molecule has 1 fully saturated rings. The van der Waals surface area contributed by atoms with E-state index < -0.39 is 0 Å². The zero-order valence-electron chi connectivity index (χ0n) is 8.52. The summed E-state index contributed by atoms with van der Waals surface area (Å²) in [5, 5.41) is 0. The summed E-state index contributed by atoms with van der Waals surface area (Å²) in [7, 11) is 0. The molecule has 0 bridgehead atoms. The van der Waals surface area contributed by atoms with Crippen molar-refractivity contribution in [3.05, 3.63) is 29.8 Å². The van der Waals surface area contributed by atoms with Crippen LogP contribution in [0.1, 0.15) is 23.2 Å². The smallest absolute Gasteiger partial charge is 0.150 e. The van der Waals surface area contributed by atoms with E-state index in [-0.39, 0.29) is 6.10 Å². The third-order valence-electron chi connectivity index (χ3n) is 2.49. The van der Waals surface area contributed by atoms with Crippen LogP contribution < -0.4 is 4.74 Å². The van der Waals surface area contributed by atoms with Crippen molar-refractivity contribution < 1.29 is 14.3 Å². The lowest BCUT2D eigenvalue weighted by atomic mass is 10.1. The van der Waals surface area contributed by atoms with E-state index in [1.165, 1.54) is 0 Å². The average Bonchev–Trinajstić information content (AvgIpc) is 2.31. The van der Waals surface area contributed by atoms with Gasteiger partial charge in [0.25, 0.3) is 0 Å². The van der Waals surface area contributed by atoms with E-state index in [1.54, 1.807) is 12.1 Å². The van der Waals surface area contributed by atoms with Gasteiger partial charge in [-0.1, -0.05) is 0 Å². The molecule has 0 aromatic heterocycles. The Kier molecular flexibility index (Phi) is 3.35. The second-order valence-corrected chi connectivity index (χ2v) is 3.62. The Bertz CT molecular complexity index is 312. The summed E-state index contributed by atoms with van der Waals surface area (Å²) < 4.78 is 11.0. The summed E-state index contributed by atoms with van der Waals surface area (Å²) >= 11 is 0. The fourth-order valence-electron chi connectivity index (χ4n) is 1.61. The first-order chi connectivity index (χ1) is 7.38. The van der Waals surface area contributed by atoms with Crippen molar-refractivity contribution in [3.8, 4) is 5.75 Å². The van der Waals surface area contributed by atoms with Crippen LogP contribution in [0.25, 0.3) is 0 Å². The topological polar surface area (TPSA) is 35.5 Å². The predicted molar refractivity (Wildman–Crippen MR) is 56.3 cm³/mol. The Labute approximate surface area is 89.0 Å². The SMILES string of the molecule is O=Cc1ccc(OC2CCOCC2)cc1. The highest BCUT2D eigenvalue weighted by molar-refractivity contribution is 5.74. The summed E-state index contributed by atoms with van der Waals surface area (Å²) in [6, 6.07) is 7.20. The van der Waals surface area contributed by atoms with Gasteiger partial charge in [0.2, 0.25) is 0 Å². The maximum absolute atomic E-state index is 10.5. The van der Waals surface area contributed by atoms with Gasteiger partial charge < -0.3 is 9.47 Å². The number of ether oxygens (including phenoxy) is 2. The van der Waals surface area contributed by atoms with Gasteiger partial charge in [-0.2, -0.15) is 0 Å². The number of hydrogen-bond acceptors (Lipinski definition) is 3. The maximum Gasteiger partial charge on any atom is 0.150 e. The first-order valence-electron chi connectivity index (χ1n) is 5.18. The zero-order chi connectivity index (χ0) is 10.5. The summed E-state index contributed by atoms with van der Waals surface area (Å²) in [6.07, 6.45) is 2.96. The van der Waals surface area contributed by atoms with Crippen molar-refractivity contribution in [2.24, 2.45) is 0 Å². The second kappa shape index (κ2) is 4.94. The zero-order valence-corrected chi connectivity index (χ0v) is 8.52. The van der Waals surface area contributed by atoms with Crippen LogP contribution >= 0.6 is 0 Å². The Morgan fingerprint density at radius 3 is 2.47 bits per heavy atom. The maximum atomic E-state index is 10.5. The highest BCUT2D eigenvalue weighted by atomic mass is 16.5. The van der Waals surface area contributed by atoms with Crippen LogP contribution in [0.4, 0.5) is 0 Å². The molecule has 80 valence electrons. The number of hydrogen-bond donors (Lipinski definition) is 0. The van der Waals surface area contributed by atoms with Gasteiger partial charge >= 0.3 is 0 Å². The third-order valence-corrected chi connectivity index (χ3v) is 2.49. The molecule has 15 heavy (non-hydrogen) atoms. The molecule has 0 atom stereocenters. The van der Waals surface area contributed by atoms with Crippen LogP contribution in [0.15, 0.2) is 24.3 Å². The van der Waals surface area contributed by atoms with Gasteiger partial charge in [0, 0.05) is 18.4 Å².